The Bertz CT molecular complexity index is 346. The highest BCUT2D eigenvalue weighted by Crippen LogP contribution is 2.24. The summed E-state index contributed by atoms with van der Waals surface area (Å²) < 4.78 is 12.9. The molecule has 0 saturated heterocycles. The molecule has 1 aromatic carbocycles. The Balaban J connectivity index is 3.15. The van der Waals surface area contributed by atoms with Gasteiger partial charge in [0.05, 0.1) is 5.02 Å². The maximum absolute atomic E-state index is 12.9. The molecule has 0 heterocycles. The van der Waals surface area contributed by atoms with E-state index in [1.807, 2.05) is 0 Å². The number of hydrogen-bond donors (Lipinski definition) is 2. The lowest BCUT2D eigenvalue weighted by atomic mass is 10.1. The van der Waals surface area contributed by atoms with Crippen LogP contribution >= 0.6 is 11.6 Å². The number of hydrazine groups is 1. The van der Waals surface area contributed by atoms with Gasteiger partial charge in [-0.2, -0.15) is 0 Å². The molecule has 0 bridgehead atoms. The van der Waals surface area contributed by atoms with Crippen LogP contribution in [0.3, 0.4) is 0 Å². The number of benzene rings is 1. The molecule has 4 heteroatoms. The first-order chi connectivity index (χ1) is 6.20. The molecule has 3 N–H and O–H groups in total. The van der Waals surface area contributed by atoms with Crippen molar-refractivity contribution < 1.29 is 4.39 Å². The Morgan fingerprint density at radius 3 is 2.85 bits per heavy atom. The standard InChI is InChI=1S/C9H8ClFN2/c1-2-8(13-12)6-4-3-5-7(11)9(6)10/h1,3-5,8,13H,12H2. The van der Waals surface area contributed by atoms with Crippen molar-refractivity contribution in [2.45, 2.75) is 6.04 Å². The third-order valence-electron chi connectivity index (χ3n) is 1.63. The fourth-order valence-corrected chi connectivity index (χ4v) is 1.21. The molecule has 13 heavy (non-hydrogen) atoms. The van der Waals surface area contributed by atoms with Gasteiger partial charge in [0.15, 0.2) is 0 Å². The molecular formula is C9H8ClFN2. The zero-order chi connectivity index (χ0) is 9.84. The SMILES string of the molecule is C#CC(NN)c1cccc(F)c1Cl. The third-order valence-corrected chi connectivity index (χ3v) is 2.02. The number of halogens is 2. The van der Waals surface area contributed by atoms with Crippen LogP contribution in [0, 0.1) is 18.2 Å². The van der Waals surface area contributed by atoms with E-state index in [2.05, 4.69) is 11.3 Å². The molecule has 1 unspecified atom stereocenters. The Kier molecular flexibility index (Phi) is 3.26. The lowest BCUT2D eigenvalue weighted by molar-refractivity contribution is 0.616. The predicted octanol–water partition coefficient (Wildman–Crippen LogP) is 1.62. The average molecular weight is 199 g/mol. The summed E-state index contributed by atoms with van der Waals surface area (Å²) in [7, 11) is 0. The van der Waals surface area contributed by atoms with Gasteiger partial charge >= 0.3 is 0 Å². The van der Waals surface area contributed by atoms with Crippen molar-refractivity contribution in [3.8, 4) is 12.3 Å². The first-order valence-electron chi connectivity index (χ1n) is 3.57. The molecule has 1 rings (SSSR count). The topological polar surface area (TPSA) is 38.0 Å². The van der Waals surface area contributed by atoms with Crippen LogP contribution in [0.1, 0.15) is 11.6 Å². The molecule has 0 radical (unpaired) electrons. The van der Waals surface area contributed by atoms with E-state index in [1.54, 1.807) is 6.07 Å². The Morgan fingerprint density at radius 2 is 2.31 bits per heavy atom. The van der Waals surface area contributed by atoms with Crippen LogP contribution in [0.25, 0.3) is 0 Å². The van der Waals surface area contributed by atoms with E-state index < -0.39 is 11.9 Å². The first-order valence-corrected chi connectivity index (χ1v) is 3.94. The Hall–Kier alpha value is -1.08. The average Bonchev–Trinajstić information content (AvgIpc) is 2.14. The highest BCUT2D eigenvalue weighted by Gasteiger charge is 2.12. The number of nitrogens with two attached hydrogens (primary N) is 1. The third kappa shape index (κ3) is 1.99. The molecule has 0 aromatic heterocycles. The molecule has 0 amide bonds. The molecule has 2 nitrogen and oxygen atoms in total. The molecule has 0 spiro atoms. The van der Waals surface area contributed by atoms with Crippen LogP contribution in [0.2, 0.25) is 5.02 Å². The van der Waals surface area contributed by atoms with Crippen molar-refractivity contribution in [1.82, 2.24) is 5.43 Å². The van der Waals surface area contributed by atoms with Gasteiger partial charge in [-0.1, -0.05) is 29.7 Å². The smallest absolute Gasteiger partial charge is 0.142 e. The number of terminal acetylenes is 1. The van der Waals surface area contributed by atoms with Gasteiger partial charge in [-0.25, -0.2) is 9.82 Å². The van der Waals surface area contributed by atoms with E-state index in [0.29, 0.717) is 5.56 Å². The van der Waals surface area contributed by atoms with Crippen LogP contribution < -0.4 is 11.3 Å². The number of nitrogens with one attached hydrogen (secondary N) is 1. The van der Waals surface area contributed by atoms with Gasteiger partial charge in [0, 0.05) is 5.56 Å². The number of hydrogen-bond acceptors (Lipinski definition) is 2. The highest BCUT2D eigenvalue weighted by atomic mass is 35.5. The lowest BCUT2D eigenvalue weighted by Crippen LogP contribution is -2.27. The van der Waals surface area contributed by atoms with Gasteiger partial charge in [-0.05, 0) is 6.07 Å². The molecule has 68 valence electrons. The lowest BCUT2D eigenvalue weighted by Gasteiger charge is -2.11. The van der Waals surface area contributed by atoms with Crippen molar-refractivity contribution in [3.63, 3.8) is 0 Å². The molecule has 0 aliphatic heterocycles. The summed E-state index contributed by atoms with van der Waals surface area (Å²) in [6.07, 6.45) is 5.16. The second-order valence-corrected chi connectivity index (χ2v) is 2.79. The van der Waals surface area contributed by atoms with Gasteiger partial charge in [0.1, 0.15) is 11.9 Å². The van der Waals surface area contributed by atoms with Crippen molar-refractivity contribution in [2.75, 3.05) is 0 Å². The normalized spacial score (nSPS) is 12.2. The van der Waals surface area contributed by atoms with Crippen molar-refractivity contribution in [3.05, 3.63) is 34.6 Å². The fourth-order valence-electron chi connectivity index (χ4n) is 0.971. The van der Waals surface area contributed by atoms with Crippen molar-refractivity contribution >= 4 is 11.6 Å². The summed E-state index contributed by atoms with van der Waals surface area (Å²) in [5.74, 6) is 7.00. The summed E-state index contributed by atoms with van der Waals surface area (Å²) in [6.45, 7) is 0. The van der Waals surface area contributed by atoms with Crippen LogP contribution in [-0.4, -0.2) is 0 Å². The summed E-state index contributed by atoms with van der Waals surface area (Å²) in [5.41, 5.74) is 2.81. The molecule has 1 atom stereocenters. The van der Waals surface area contributed by atoms with Crippen LogP contribution in [0.15, 0.2) is 18.2 Å². The van der Waals surface area contributed by atoms with Crippen LogP contribution in [-0.2, 0) is 0 Å². The maximum Gasteiger partial charge on any atom is 0.142 e. The molecule has 0 saturated carbocycles. The quantitative estimate of drug-likeness (QED) is 0.431. The van der Waals surface area contributed by atoms with Gasteiger partial charge in [-0.3, -0.25) is 5.84 Å². The van der Waals surface area contributed by atoms with Crippen LogP contribution in [0.4, 0.5) is 4.39 Å². The molecule has 0 fully saturated rings. The minimum Gasteiger partial charge on any atom is -0.270 e. The molecule has 1 aromatic rings. The van der Waals surface area contributed by atoms with Gasteiger partial charge in [0.2, 0.25) is 0 Å². The minimum atomic E-state index is -0.566. The fraction of sp³-hybridized carbons (Fsp3) is 0.111. The highest BCUT2D eigenvalue weighted by molar-refractivity contribution is 6.31. The zero-order valence-electron chi connectivity index (χ0n) is 6.72. The second kappa shape index (κ2) is 4.24. The minimum absolute atomic E-state index is 0.00315. The Labute approximate surface area is 80.9 Å². The van der Waals surface area contributed by atoms with E-state index in [9.17, 15) is 4.39 Å². The largest absolute Gasteiger partial charge is 0.270 e. The first kappa shape index (κ1) is 10.0. The van der Waals surface area contributed by atoms with E-state index >= 15 is 0 Å². The van der Waals surface area contributed by atoms with Crippen LogP contribution in [0.5, 0.6) is 0 Å². The summed E-state index contributed by atoms with van der Waals surface area (Å²) >= 11 is 5.68. The summed E-state index contributed by atoms with van der Waals surface area (Å²) in [5, 5.41) is 0.00315. The van der Waals surface area contributed by atoms with E-state index in [0.717, 1.165) is 0 Å². The van der Waals surface area contributed by atoms with E-state index in [4.69, 9.17) is 23.9 Å². The number of rotatable bonds is 2. The van der Waals surface area contributed by atoms with Gasteiger partial charge in [-0.15, -0.1) is 6.42 Å². The van der Waals surface area contributed by atoms with Gasteiger partial charge < -0.3 is 0 Å². The zero-order valence-corrected chi connectivity index (χ0v) is 7.48. The molecule has 0 aliphatic rings. The van der Waals surface area contributed by atoms with E-state index in [1.165, 1.54) is 12.1 Å². The monoisotopic (exact) mass is 198 g/mol. The van der Waals surface area contributed by atoms with E-state index in [-0.39, 0.29) is 5.02 Å². The molecular weight excluding hydrogens is 191 g/mol. The van der Waals surface area contributed by atoms with Gasteiger partial charge in [0.25, 0.3) is 0 Å². The second-order valence-electron chi connectivity index (χ2n) is 2.41. The Morgan fingerprint density at radius 1 is 1.62 bits per heavy atom. The maximum atomic E-state index is 12.9. The summed E-state index contributed by atoms with van der Waals surface area (Å²) in [6, 6.07) is 3.84. The van der Waals surface area contributed by atoms with Crippen molar-refractivity contribution in [1.29, 1.82) is 0 Å². The predicted molar refractivity (Wildman–Crippen MR) is 50.3 cm³/mol. The summed E-state index contributed by atoms with van der Waals surface area (Å²) in [4.78, 5) is 0. The molecule has 0 aliphatic carbocycles. The van der Waals surface area contributed by atoms with Crippen molar-refractivity contribution in [2.24, 2.45) is 5.84 Å².